The highest BCUT2D eigenvalue weighted by Gasteiger charge is 2.37. The SMILES string of the molecule is C=C(COCC(F)(F)S(=O)(=O)[O-])C(=O)OC. The van der Waals surface area contributed by atoms with E-state index in [0.717, 1.165) is 7.11 Å². The van der Waals surface area contributed by atoms with Crippen LogP contribution in [0.5, 0.6) is 0 Å². The van der Waals surface area contributed by atoms with E-state index in [1.54, 1.807) is 0 Å². The van der Waals surface area contributed by atoms with Crippen molar-refractivity contribution in [1.29, 1.82) is 0 Å². The third kappa shape index (κ3) is 4.21. The van der Waals surface area contributed by atoms with Gasteiger partial charge in [0.05, 0.1) is 19.3 Å². The van der Waals surface area contributed by atoms with Gasteiger partial charge in [0, 0.05) is 0 Å². The van der Waals surface area contributed by atoms with Gasteiger partial charge in [-0.05, 0) is 0 Å². The van der Waals surface area contributed by atoms with Crippen LogP contribution in [0.25, 0.3) is 0 Å². The first-order valence-corrected chi connectivity index (χ1v) is 5.19. The molecular weight excluding hydrogens is 250 g/mol. The van der Waals surface area contributed by atoms with Crippen molar-refractivity contribution in [2.75, 3.05) is 20.3 Å². The molecule has 0 bridgehead atoms. The van der Waals surface area contributed by atoms with Crippen LogP contribution < -0.4 is 0 Å². The Kier molecular flexibility index (Phi) is 4.97. The third-order valence-corrected chi connectivity index (χ3v) is 2.24. The number of hydrogen-bond donors (Lipinski definition) is 0. The molecule has 0 aliphatic heterocycles. The van der Waals surface area contributed by atoms with E-state index in [0.29, 0.717) is 0 Å². The molecule has 0 unspecified atom stereocenters. The normalized spacial score (nSPS) is 12.2. The van der Waals surface area contributed by atoms with Crippen molar-refractivity contribution >= 4 is 16.1 Å². The summed E-state index contributed by atoms with van der Waals surface area (Å²) in [5.41, 5.74) is -0.276. The van der Waals surface area contributed by atoms with Crippen molar-refractivity contribution < 1.29 is 36.0 Å². The van der Waals surface area contributed by atoms with E-state index in [2.05, 4.69) is 16.1 Å². The van der Waals surface area contributed by atoms with E-state index < -0.39 is 34.6 Å². The fraction of sp³-hybridized carbons (Fsp3) is 0.571. The van der Waals surface area contributed by atoms with Crippen LogP contribution in [-0.2, 0) is 24.4 Å². The second-order valence-electron chi connectivity index (χ2n) is 2.68. The lowest BCUT2D eigenvalue weighted by Gasteiger charge is -2.19. The zero-order valence-electron chi connectivity index (χ0n) is 8.23. The Morgan fingerprint density at radius 3 is 2.38 bits per heavy atom. The van der Waals surface area contributed by atoms with Crippen LogP contribution in [0.4, 0.5) is 8.78 Å². The van der Waals surface area contributed by atoms with Crippen molar-refractivity contribution in [1.82, 2.24) is 0 Å². The van der Waals surface area contributed by atoms with E-state index in [9.17, 15) is 26.5 Å². The molecule has 0 aromatic heterocycles. The lowest BCUT2D eigenvalue weighted by Crippen LogP contribution is -2.34. The molecule has 0 N–H and O–H groups in total. The summed E-state index contributed by atoms with van der Waals surface area (Å²) >= 11 is 0. The molecule has 9 heteroatoms. The zero-order valence-corrected chi connectivity index (χ0v) is 9.05. The van der Waals surface area contributed by atoms with Crippen LogP contribution in [0.2, 0.25) is 0 Å². The highest BCUT2D eigenvalue weighted by molar-refractivity contribution is 7.86. The number of carbonyl (C=O) groups excluding carboxylic acids is 1. The molecule has 0 heterocycles. The van der Waals surface area contributed by atoms with Crippen molar-refractivity contribution in [3.05, 3.63) is 12.2 Å². The minimum Gasteiger partial charge on any atom is -0.743 e. The molecule has 0 fully saturated rings. The summed E-state index contributed by atoms with van der Waals surface area (Å²) in [6.45, 7) is 0.836. The molecule has 0 saturated heterocycles. The maximum absolute atomic E-state index is 12.5. The molecule has 0 spiro atoms. The Balaban J connectivity index is 4.20. The number of ether oxygens (including phenoxy) is 2. The molecular formula is C7H9F2O6S-. The van der Waals surface area contributed by atoms with Crippen LogP contribution in [0.1, 0.15) is 0 Å². The van der Waals surface area contributed by atoms with Crippen molar-refractivity contribution in [2.24, 2.45) is 0 Å². The molecule has 16 heavy (non-hydrogen) atoms. The molecule has 0 aliphatic carbocycles. The molecule has 0 amide bonds. The van der Waals surface area contributed by atoms with Crippen LogP contribution in [0.3, 0.4) is 0 Å². The number of hydrogen-bond acceptors (Lipinski definition) is 6. The van der Waals surface area contributed by atoms with Gasteiger partial charge < -0.3 is 14.0 Å². The van der Waals surface area contributed by atoms with Crippen molar-refractivity contribution in [2.45, 2.75) is 5.25 Å². The summed E-state index contributed by atoms with van der Waals surface area (Å²) in [6.07, 6.45) is 0. The van der Waals surface area contributed by atoms with E-state index in [4.69, 9.17) is 0 Å². The van der Waals surface area contributed by atoms with E-state index >= 15 is 0 Å². The fourth-order valence-electron chi connectivity index (χ4n) is 0.568. The molecule has 6 nitrogen and oxygen atoms in total. The quantitative estimate of drug-likeness (QED) is 0.375. The average molecular weight is 259 g/mol. The van der Waals surface area contributed by atoms with Crippen LogP contribution in [-0.4, -0.2) is 44.5 Å². The Labute approximate surface area is 90.6 Å². The van der Waals surface area contributed by atoms with Crippen molar-refractivity contribution in [3.63, 3.8) is 0 Å². The second-order valence-corrected chi connectivity index (χ2v) is 4.18. The summed E-state index contributed by atoms with van der Waals surface area (Å²) in [5, 5.41) is -4.54. The van der Waals surface area contributed by atoms with Gasteiger partial charge in [0.2, 0.25) is 0 Å². The number of halogens is 2. The van der Waals surface area contributed by atoms with Crippen LogP contribution in [0, 0.1) is 0 Å². The summed E-state index contributed by atoms with van der Waals surface area (Å²) in [5.74, 6) is -0.881. The number of alkyl halides is 2. The summed E-state index contributed by atoms with van der Waals surface area (Å²) < 4.78 is 63.4. The van der Waals surface area contributed by atoms with Crippen LogP contribution >= 0.6 is 0 Å². The zero-order chi connectivity index (χ0) is 13.0. The molecule has 0 atom stereocenters. The molecule has 0 aromatic carbocycles. The predicted molar refractivity (Wildman–Crippen MR) is 46.6 cm³/mol. The summed E-state index contributed by atoms with van der Waals surface area (Å²) in [7, 11) is -4.73. The largest absolute Gasteiger partial charge is 0.743 e. The van der Waals surface area contributed by atoms with Gasteiger partial charge in [0.25, 0.3) is 0 Å². The standard InChI is InChI=1S/C7H10F2O6S/c1-5(6(10)14-2)3-15-4-7(8,9)16(11,12)13/h1,3-4H2,2H3,(H,11,12,13)/p-1. The van der Waals surface area contributed by atoms with Gasteiger partial charge in [-0.15, -0.1) is 0 Å². The molecule has 0 saturated carbocycles. The maximum Gasteiger partial charge on any atom is 0.357 e. The molecule has 0 radical (unpaired) electrons. The lowest BCUT2D eigenvalue weighted by molar-refractivity contribution is -0.137. The van der Waals surface area contributed by atoms with Gasteiger partial charge in [-0.3, -0.25) is 0 Å². The molecule has 0 rings (SSSR count). The Hall–Kier alpha value is -1.06. The first-order chi connectivity index (χ1) is 7.12. The van der Waals surface area contributed by atoms with Crippen LogP contribution in [0.15, 0.2) is 12.2 Å². The Morgan fingerprint density at radius 1 is 1.50 bits per heavy atom. The maximum atomic E-state index is 12.5. The van der Waals surface area contributed by atoms with E-state index in [-0.39, 0.29) is 5.57 Å². The number of methoxy groups -OCH3 is 1. The van der Waals surface area contributed by atoms with Gasteiger partial charge in [-0.25, -0.2) is 13.2 Å². The van der Waals surface area contributed by atoms with Gasteiger partial charge in [-0.2, -0.15) is 8.78 Å². The van der Waals surface area contributed by atoms with Gasteiger partial charge in [0.1, 0.15) is 6.61 Å². The first kappa shape index (κ1) is 14.9. The minimum absolute atomic E-state index is 0.276. The second kappa shape index (κ2) is 5.32. The minimum atomic E-state index is -5.78. The first-order valence-electron chi connectivity index (χ1n) is 3.79. The topological polar surface area (TPSA) is 92.7 Å². The van der Waals surface area contributed by atoms with E-state index in [1.807, 2.05) is 0 Å². The van der Waals surface area contributed by atoms with Gasteiger partial charge >= 0.3 is 11.2 Å². The Morgan fingerprint density at radius 2 is 2.00 bits per heavy atom. The highest BCUT2D eigenvalue weighted by atomic mass is 32.2. The number of carbonyl (C=O) groups is 1. The molecule has 0 aliphatic rings. The monoisotopic (exact) mass is 259 g/mol. The van der Waals surface area contributed by atoms with Crippen molar-refractivity contribution in [3.8, 4) is 0 Å². The average Bonchev–Trinajstić information content (AvgIpc) is 2.14. The summed E-state index contributed by atoms with van der Waals surface area (Å²) in [6, 6.07) is 0. The fourth-order valence-corrected chi connectivity index (χ4v) is 0.796. The third-order valence-electron chi connectivity index (χ3n) is 1.39. The Bertz CT molecular complexity index is 374. The highest BCUT2D eigenvalue weighted by Crippen LogP contribution is 2.20. The van der Waals surface area contributed by atoms with Gasteiger partial charge in [-0.1, -0.05) is 6.58 Å². The molecule has 0 aromatic rings. The predicted octanol–water partition coefficient (Wildman–Crippen LogP) is -0.130. The number of rotatable bonds is 6. The smallest absolute Gasteiger partial charge is 0.357 e. The summed E-state index contributed by atoms with van der Waals surface area (Å²) in [4.78, 5) is 10.7. The number of esters is 1. The van der Waals surface area contributed by atoms with Gasteiger partial charge in [0.15, 0.2) is 10.1 Å². The lowest BCUT2D eigenvalue weighted by atomic mass is 10.3. The van der Waals surface area contributed by atoms with E-state index in [1.165, 1.54) is 0 Å². The molecule has 94 valence electrons.